The lowest BCUT2D eigenvalue weighted by molar-refractivity contribution is -0.384. The number of nitrogens with one attached hydrogen (secondary N) is 1. The Morgan fingerprint density at radius 3 is 2.91 bits per heavy atom. The zero-order valence-corrected chi connectivity index (χ0v) is 12.1. The van der Waals surface area contributed by atoms with Crippen molar-refractivity contribution in [3.8, 4) is 6.07 Å². The number of ether oxygens (including phenoxy) is 1. The molecule has 1 fully saturated rings. The number of nitro groups is 1. The molecule has 0 unspecified atom stereocenters. The maximum absolute atomic E-state index is 11.4. The smallest absolute Gasteiger partial charge is 0.339 e. The summed E-state index contributed by atoms with van der Waals surface area (Å²) < 4.78 is 4.53. The molecule has 1 aliphatic rings. The van der Waals surface area contributed by atoms with Gasteiger partial charge in [0.2, 0.25) is 5.82 Å². The van der Waals surface area contributed by atoms with Gasteiger partial charge in [-0.15, -0.1) is 0 Å². The van der Waals surface area contributed by atoms with E-state index in [-0.39, 0.29) is 29.0 Å². The highest BCUT2D eigenvalue weighted by molar-refractivity contribution is 5.90. The molecule has 8 nitrogen and oxygen atoms in total. The fraction of sp³-hybridized carbons (Fsp3) is 0.500. The fourth-order valence-electron chi connectivity index (χ4n) is 2.57. The van der Waals surface area contributed by atoms with Crippen LogP contribution in [0, 0.1) is 27.4 Å². The molecule has 1 N–H and O–H groups in total. The topological polar surface area (TPSA) is 118 Å². The van der Waals surface area contributed by atoms with E-state index in [1.54, 1.807) is 0 Å². The Labute approximate surface area is 127 Å². The zero-order valence-electron chi connectivity index (χ0n) is 12.1. The molecule has 0 aromatic carbocycles. The molecule has 1 aromatic heterocycles. The molecule has 0 amide bonds. The lowest BCUT2D eigenvalue weighted by atomic mass is 9.85. The van der Waals surface area contributed by atoms with Crippen LogP contribution in [-0.2, 0) is 4.74 Å². The second kappa shape index (κ2) is 6.85. The van der Waals surface area contributed by atoms with Crippen molar-refractivity contribution >= 4 is 17.5 Å². The van der Waals surface area contributed by atoms with Crippen LogP contribution in [0.25, 0.3) is 0 Å². The van der Waals surface area contributed by atoms with Crippen LogP contribution in [0.5, 0.6) is 0 Å². The summed E-state index contributed by atoms with van der Waals surface area (Å²) in [7, 11) is 1.19. The molecule has 0 bridgehead atoms. The van der Waals surface area contributed by atoms with E-state index >= 15 is 0 Å². The van der Waals surface area contributed by atoms with Crippen LogP contribution in [0.15, 0.2) is 12.3 Å². The molecule has 1 aliphatic carbocycles. The first-order chi connectivity index (χ1) is 10.6. The Kier molecular flexibility index (Phi) is 4.88. The van der Waals surface area contributed by atoms with Crippen molar-refractivity contribution in [1.82, 2.24) is 4.98 Å². The van der Waals surface area contributed by atoms with E-state index in [9.17, 15) is 14.9 Å². The number of esters is 1. The summed E-state index contributed by atoms with van der Waals surface area (Å²) in [6.45, 7) is 0. The molecule has 0 spiro atoms. The molecular formula is C14H16N4O4. The summed E-state index contributed by atoms with van der Waals surface area (Å²) in [6.07, 6.45) is 4.69. The molecule has 116 valence electrons. The lowest BCUT2D eigenvalue weighted by Crippen LogP contribution is -2.32. The molecule has 8 heteroatoms. The highest BCUT2D eigenvalue weighted by Crippen LogP contribution is 2.30. The van der Waals surface area contributed by atoms with Gasteiger partial charge in [0.1, 0.15) is 0 Å². The quantitative estimate of drug-likeness (QED) is 0.515. The van der Waals surface area contributed by atoms with Gasteiger partial charge in [0.25, 0.3) is 0 Å². The summed E-state index contributed by atoms with van der Waals surface area (Å²) in [5, 5.41) is 23.3. The number of aromatic nitrogens is 1. The normalized spacial score (nSPS) is 20.7. The minimum absolute atomic E-state index is 0.0141. The monoisotopic (exact) mass is 304 g/mol. The van der Waals surface area contributed by atoms with E-state index in [0.717, 1.165) is 31.7 Å². The van der Waals surface area contributed by atoms with Crippen LogP contribution in [0.4, 0.5) is 11.5 Å². The lowest BCUT2D eigenvalue weighted by Gasteiger charge is -2.27. The molecule has 1 heterocycles. The standard InChI is InChI=1S/C14H16N4O4/c1-22-14(19)10-6-12(18(20)21)13(16-8-10)17-11-5-3-2-4-9(11)7-15/h6,8-9,11H,2-5H2,1H3,(H,16,17)/t9-,11-/m1/s1. The summed E-state index contributed by atoms with van der Waals surface area (Å²) in [6, 6.07) is 3.19. The van der Waals surface area contributed by atoms with Crippen molar-refractivity contribution in [1.29, 1.82) is 5.26 Å². The molecule has 1 aromatic rings. The summed E-state index contributed by atoms with van der Waals surface area (Å²) in [5.41, 5.74) is -0.287. The third kappa shape index (κ3) is 3.31. The largest absolute Gasteiger partial charge is 0.465 e. The summed E-state index contributed by atoms with van der Waals surface area (Å²) in [4.78, 5) is 26.0. The van der Waals surface area contributed by atoms with Crippen molar-refractivity contribution in [3.05, 3.63) is 27.9 Å². The molecule has 2 rings (SSSR count). The minimum atomic E-state index is -0.685. The van der Waals surface area contributed by atoms with Crippen LogP contribution in [0.1, 0.15) is 36.0 Å². The molecular weight excluding hydrogens is 288 g/mol. The average molecular weight is 304 g/mol. The maximum atomic E-state index is 11.4. The number of nitriles is 1. The Morgan fingerprint density at radius 2 is 2.27 bits per heavy atom. The van der Waals surface area contributed by atoms with Crippen LogP contribution < -0.4 is 5.32 Å². The van der Waals surface area contributed by atoms with Gasteiger partial charge in [-0.1, -0.05) is 12.8 Å². The van der Waals surface area contributed by atoms with Gasteiger partial charge in [0.15, 0.2) is 0 Å². The van der Waals surface area contributed by atoms with Gasteiger partial charge >= 0.3 is 11.7 Å². The predicted octanol–water partition coefficient (Wildman–Crippen LogP) is 2.27. The first-order valence-corrected chi connectivity index (χ1v) is 6.95. The van der Waals surface area contributed by atoms with E-state index in [1.807, 2.05) is 0 Å². The molecule has 22 heavy (non-hydrogen) atoms. The molecule has 0 saturated heterocycles. The van der Waals surface area contributed by atoms with Crippen LogP contribution in [-0.4, -0.2) is 29.0 Å². The van der Waals surface area contributed by atoms with E-state index in [2.05, 4.69) is 21.1 Å². The first kappa shape index (κ1) is 15.7. The number of methoxy groups -OCH3 is 1. The van der Waals surface area contributed by atoms with E-state index in [1.165, 1.54) is 13.3 Å². The highest BCUT2D eigenvalue weighted by Gasteiger charge is 2.28. The predicted molar refractivity (Wildman–Crippen MR) is 77.2 cm³/mol. The van der Waals surface area contributed by atoms with Gasteiger partial charge in [-0.2, -0.15) is 5.26 Å². The number of carbonyl (C=O) groups excluding carboxylic acids is 1. The molecule has 2 atom stereocenters. The van der Waals surface area contributed by atoms with Crippen LogP contribution >= 0.6 is 0 Å². The SMILES string of the molecule is COC(=O)c1cnc(N[C@@H]2CCCC[C@@H]2C#N)c([N+](=O)[O-])c1. The number of nitrogens with zero attached hydrogens (tertiary/aromatic N) is 3. The van der Waals surface area contributed by atoms with E-state index in [0.29, 0.717) is 0 Å². The van der Waals surface area contributed by atoms with Gasteiger partial charge in [-0.25, -0.2) is 9.78 Å². The van der Waals surface area contributed by atoms with E-state index in [4.69, 9.17) is 5.26 Å². The van der Waals surface area contributed by atoms with Crippen molar-refractivity contribution in [2.45, 2.75) is 31.7 Å². The second-order valence-corrected chi connectivity index (χ2v) is 5.11. The van der Waals surface area contributed by atoms with Crippen LogP contribution in [0.3, 0.4) is 0 Å². The van der Waals surface area contributed by atoms with Gasteiger partial charge in [-0.05, 0) is 12.8 Å². The number of rotatable bonds is 4. The minimum Gasteiger partial charge on any atom is -0.465 e. The third-order valence-electron chi connectivity index (χ3n) is 3.74. The molecule has 0 aliphatic heterocycles. The number of carbonyl (C=O) groups is 1. The Morgan fingerprint density at radius 1 is 1.55 bits per heavy atom. The highest BCUT2D eigenvalue weighted by atomic mass is 16.6. The van der Waals surface area contributed by atoms with Gasteiger partial charge in [0, 0.05) is 18.3 Å². The Balaban J connectivity index is 2.28. The second-order valence-electron chi connectivity index (χ2n) is 5.11. The fourth-order valence-corrected chi connectivity index (χ4v) is 2.57. The first-order valence-electron chi connectivity index (χ1n) is 6.95. The molecule has 0 radical (unpaired) electrons. The van der Waals surface area contributed by atoms with Gasteiger partial charge in [0.05, 0.1) is 29.6 Å². The maximum Gasteiger partial charge on any atom is 0.339 e. The Bertz CT molecular complexity index is 626. The van der Waals surface area contributed by atoms with E-state index < -0.39 is 10.9 Å². The zero-order chi connectivity index (χ0) is 16.1. The summed E-state index contributed by atoms with van der Waals surface area (Å²) >= 11 is 0. The van der Waals surface area contributed by atoms with Gasteiger partial charge < -0.3 is 10.1 Å². The number of anilines is 1. The van der Waals surface area contributed by atoms with Crippen molar-refractivity contribution in [2.75, 3.05) is 12.4 Å². The number of hydrogen-bond donors (Lipinski definition) is 1. The summed E-state index contributed by atoms with van der Waals surface area (Å²) in [5.74, 6) is -0.810. The number of hydrogen-bond acceptors (Lipinski definition) is 7. The van der Waals surface area contributed by atoms with Gasteiger partial charge in [-0.3, -0.25) is 10.1 Å². The molecule has 1 saturated carbocycles. The third-order valence-corrected chi connectivity index (χ3v) is 3.74. The number of pyridine rings is 1. The van der Waals surface area contributed by atoms with Crippen molar-refractivity contribution in [2.24, 2.45) is 5.92 Å². The Hall–Kier alpha value is -2.69. The van der Waals surface area contributed by atoms with Crippen LogP contribution in [0.2, 0.25) is 0 Å². The average Bonchev–Trinajstić information content (AvgIpc) is 2.54. The van der Waals surface area contributed by atoms with Crippen molar-refractivity contribution in [3.63, 3.8) is 0 Å². The van der Waals surface area contributed by atoms with Crippen molar-refractivity contribution < 1.29 is 14.5 Å².